The van der Waals surface area contributed by atoms with Gasteiger partial charge < -0.3 is 14.8 Å². The van der Waals surface area contributed by atoms with Gasteiger partial charge >= 0.3 is 5.97 Å². The molecule has 0 bridgehead atoms. The van der Waals surface area contributed by atoms with Crippen LogP contribution in [0.4, 0.5) is 0 Å². The second-order valence-corrected chi connectivity index (χ2v) is 4.50. The van der Waals surface area contributed by atoms with Gasteiger partial charge in [-0.1, -0.05) is 0 Å². The first-order valence-electron chi connectivity index (χ1n) is 5.72. The van der Waals surface area contributed by atoms with Crippen molar-refractivity contribution in [1.82, 2.24) is 4.57 Å². The van der Waals surface area contributed by atoms with Crippen LogP contribution in [0, 0.1) is 0 Å². The predicted octanol–water partition coefficient (Wildman–Crippen LogP) is 2.31. The Morgan fingerprint density at radius 3 is 2.94 bits per heavy atom. The molecule has 0 aliphatic carbocycles. The Bertz CT molecular complexity index is 600. The summed E-state index contributed by atoms with van der Waals surface area (Å²) in [6.45, 7) is 0. The molecule has 2 aromatic rings. The molecule has 1 aromatic heterocycles. The lowest BCUT2D eigenvalue weighted by Gasteiger charge is -2.23. The van der Waals surface area contributed by atoms with E-state index in [1.807, 2.05) is 10.6 Å². The molecule has 0 saturated carbocycles. The average molecular weight is 231 g/mol. The highest BCUT2D eigenvalue weighted by Gasteiger charge is 2.27. The molecule has 0 amide bonds. The molecule has 88 valence electrons. The van der Waals surface area contributed by atoms with Gasteiger partial charge in [-0.3, -0.25) is 0 Å². The Kier molecular flexibility index (Phi) is 2.11. The maximum absolute atomic E-state index is 11.3. The van der Waals surface area contributed by atoms with E-state index < -0.39 is 12.0 Å². The number of phenolic OH excluding ortho intramolecular Hbond substituents is 1. The monoisotopic (exact) mass is 231 g/mol. The minimum absolute atomic E-state index is 0.215. The maximum atomic E-state index is 11.3. The van der Waals surface area contributed by atoms with Crippen molar-refractivity contribution in [2.75, 3.05) is 0 Å². The Labute approximate surface area is 98.1 Å². The van der Waals surface area contributed by atoms with Crippen molar-refractivity contribution in [3.63, 3.8) is 0 Å². The molecule has 1 aromatic carbocycles. The number of hydrogen-bond donors (Lipinski definition) is 2. The van der Waals surface area contributed by atoms with Gasteiger partial charge in [0.05, 0.1) is 0 Å². The van der Waals surface area contributed by atoms with Crippen LogP contribution in [0.2, 0.25) is 0 Å². The van der Waals surface area contributed by atoms with E-state index in [4.69, 9.17) is 0 Å². The Morgan fingerprint density at radius 2 is 2.18 bits per heavy atom. The SMILES string of the molecule is O=C(O)C1CCCc2cc3cc(O)ccc3n21. The van der Waals surface area contributed by atoms with Crippen LogP contribution in [0.1, 0.15) is 24.6 Å². The van der Waals surface area contributed by atoms with E-state index in [1.54, 1.807) is 18.2 Å². The number of aromatic nitrogens is 1. The highest BCUT2D eigenvalue weighted by Crippen LogP contribution is 2.33. The van der Waals surface area contributed by atoms with Crippen LogP contribution < -0.4 is 0 Å². The molecule has 17 heavy (non-hydrogen) atoms. The number of fused-ring (bicyclic) bond motifs is 3. The van der Waals surface area contributed by atoms with Gasteiger partial charge in [-0.25, -0.2) is 4.79 Å². The number of aryl methyl sites for hydroxylation is 1. The number of benzene rings is 1. The molecule has 3 rings (SSSR count). The molecule has 0 spiro atoms. The zero-order valence-corrected chi connectivity index (χ0v) is 9.26. The van der Waals surface area contributed by atoms with Crippen molar-refractivity contribution in [3.8, 4) is 5.75 Å². The fraction of sp³-hybridized carbons (Fsp3) is 0.308. The highest BCUT2D eigenvalue weighted by molar-refractivity contribution is 5.85. The van der Waals surface area contributed by atoms with Gasteiger partial charge in [0.15, 0.2) is 0 Å². The zero-order valence-electron chi connectivity index (χ0n) is 9.26. The van der Waals surface area contributed by atoms with Crippen molar-refractivity contribution in [2.24, 2.45) is 0 Å². The van der Waals surface area contributed by atoms with Crippen LogP contribution in [0.3, 0.4) is 0 Å². The van der Waals surface area contributed by atoms with Crippen LogP contribution in [0.5, 0.6) is 5.75 Å². The van der Waals surface area contributed by atoms with Crippen molar-refractivity contribution < 1.29 is 15.0 Å². The van der Waals surface area contributed by atoms with Crippen LogP contribution in [-0.4, -0.2) is 20.7 Å². The highest BCUT2D eigenvalue weighted by atomic mass is 16.4. The van der Waals surface area contributed by atoms with E-state index in [-0.39, 0.29) is 5.75 Å². The standard InChI is InChI=1S/C13H13NO3/c15-10-4-5-11-8(7-10)6-9-2-1-3-12(13(16)17)14(9)11/h4-7,12,15H,1-3H2,(H,16,17). The number of hydrogen-bond acceptors (Lipinski definition) is 2. The summed E-state index contributed by atoms with van der Waals surface area (Å²) in [5.41, 5.74) is 1.94. The minimum Gasteiger partial charge on any atom is -0.508 e. The lowest BCUT2D eigenvalue weighted by molar-refractivity contribution is -0.141. The topological polar surface area (TPSA) is 62.5 Å². The summed E-state index contributed by atoms with van der Waals surface area (Å²) in [7, 11) is 0. The summed E-state index contributed by atoms with van der Waals surface area (Å²) in [5, 5.41) is 19.6. The quantitative estimate of drug-likeness (QED) is 0.791. The fourth-order valence-electron chi connectivity index (χ4n) is 2.68. The number of aromatic hydroxyl groups is 1. The number of nitrogens with zero attached hydrogens (tertiary/aromatic N) is 1. The molecule has 4 nitrogen and oxygen atoms in total. The van der Waals surface area contributed by atoms with E-state index in [2.05, 4.69) is 0 Å². The van der Waals surface area contributed by atoms with E-state index in [9.17, 15) is 15.0 Å². The van der Waals surface area contributed by atoms with E-state index >= 15 is 0 Å². The maximum Gasteiger partial charge on any atom is 0.326 e. The first kappa shape index (κ1) is 10.2. The third-order valence-electron chi connectivity index (χ3n) is 3.41. The summed E-state index contributed by atoms with van der Waals surface area (Å²) in [6.07, 6.45) is 2.48. The van der Waals surface area contributed by atoms with Gasteiger partial charge in [-0.15, -0.1) is 0 Å². The first-order chi connectivity index (χ1) is 8.16. The third-order valence-corrected chi connectivity index (χ3v) is 3.41. The molecule has 1 aliphatic heterocycles. The molecule has 2 heterocycles. The fourth-order valence-corrected chi connectivity index (χ4v) is 2.68. The first-order valence-corrected chi connectivity index (χ1v) is 5.72. The number of phenols is 1. The Balaban J connectivity index is 2.27. The van der Waals surface area contributed by atoms with Gasteiger partial charge in [-0.2, -0.15) is 0 Å². The predicted molar refractivity (Wildman–Crippen MR) is 63.2 cm³/mol. The molecule has 4 heteroatoms. The summed E-state index contributed by atoms with van der Waals surface area (Å²) < 4.78 is 1.89. The second-order valence-electron chi connectivity index (χ2n) is 4.50. The van der Waals surface area contributed by atoms with Crippen molar-refractivity contribution in [3.05, 3.63) is 30.0 Å². The summed E-state index contributed by atoms with van der Waals surface area (Å²) >= 11 is 0. The largest absolute Gasteiger partial charge is 0.508 e. The molecular weight excluding hydrogens is 218 g/mol. The molecular formula is C13H13NO3. The number of carbonyl (C=O) groups is 1. The number of carboxylic acid groups (broad SMARTS) is 1. The minimum atomic E-state index is -0.781. The van der Waals surface area contributed by atoms with Crippen LogP contribution >= 0.6 is 0 Å². The van der Waals surface area contributed by atoms with Gasteiger partial charge in [0, 0.05) is 16.6 Å². The Morgan fingerprint density at radius 1 is 1.35 bits per heavy atom. The third kappa shape index (κ3) is 1.48. The smallest absolute Gasteiger partial charge is 0.326 e. The summed E-state index contributed by atoms with van der Waals surface area (Å²) in [5.74, 6) is -0.566. The second kappa shape index (κ2) is 3.52. The zero-order chi connectivity index (χ0) is 12.0. The average Bonchev–Trinajstić information content (AvgIpc) is 2.65. The molecule has 1 unspecified atom stereocenters. The molecule has 1 aliphatic rings. The van der Waals surface area contributed by atoms with E-state index in [0.717, 1.165) is 29.4 Å². The molecule has 1 atom stereocenters. The van der Waals surface area contributed by atoms with Crippen LogP contribution in [0.25, 0.3) is 10.9 Å². The number of carboxylic acids is 1. The van der Waals surface area contributed by atoms with Crippen molar-refractivity contribution in [1.29, 1.82) is 0 Å². The van der Waals surface area contributed by atoms with Crippen molar-refractivity contribution >= 4 is 16.9 Å². The molecule has 0 saturated heterocycles. The normalized spacial score (nSPS) is 19.2. The lowest BCUT2D eigenvalue weighted by Crippen LogP contribution is -2.24. The molecule has 2 N–H and O–H groups in total. The van der Waals surface area contributed by atoms with Gasteiger partial charge in [0.1, 0.15) is 11.8 Å². The molecule has 0 fully saturated rings. The van der Waals surface area contributed by atoms with E-state index in [0.29, 0.717) is 6.42 Å². The Hall–Kier alpha value is -1.97. The lowest BCUT2D eigenvalue weighted by atomic mass is 10.0. The van der Waals surface area contributed by atoms with Gasteiger partial charge in [0.25, 0.3) is 0 Å². The molecule has 0 radical (unpaired) electrons. The van der Waals surface area contributed by atoms with E-state index in [1.165, 1.54) is 0 Å². The summed E-state index contributed by atoms with van der Waals surface area (Å²) in [4.78, 5) is 11.3. The van der Waals surface area contributed by atoms with Gasteiger partial charge in [0.2, 0.25) is 0 Å². The van der Waals surface area contributed by atoms with Gasteiger partial charge in [-0.05, 0) is 43.5 Å². The van der Waals surface area contributed by atoms with Crippen molar-refractivity contribution in [2.45, 2.75) is 25.3 Å². The summed E-state index contributed by atoms with van der Waals surface area (Å²) in [6, 6.07) is 6.57. The number of rotatable bonds is 1. The number of aliphatic carboxylic acids is 1. The van der Waals surface area contributed by atoms with Crippen LogP contribution in [0.15, 0.2) is 24.3 Å². The van der Waals surface area contributed by atoms with Crippen LogP contribution in [-0.2, 0) is 11.2 Å².